The van der Waals surface area contributed by atoms with Crippen molar-refractivity contribution in [2.75, 3.05) is 7.11 Å². The molecule has 0 unspecified atom stereocenters. The number of carbonyl (C=O) groups is 1. The molecule has 0 atom stereocenters. The largest absolute Gasteiger partial charge is 0.494 e. The number of ether oxygens (including phenoxy) is 1. The van der Waals surface area contributed by atoms with Crippen LogP contribution in [0.5, 0.6) is 5.75 Å². The molecule has 0 aliphatic heterocycles. The Morgan fingerprint density at radius 3 is 2.18 bits per heavy atom. The van der Waals surface area contributed by atoms with Crippen molar-refractivity contribution in [3.63, 3.8) is 0 Å². The molecule has 8 nitrogen and oxygen atoms in total. The molecule has 11 heteroatoms. The van der Waals surface area contributed by atoms with E-state index in [0.29, 0.717) is 16.9 Å². The molecular formula is C17H13Cl2N3O5S. The third-order valence-corrected chi connectivity index (χ3v) is 5.33. The van der Waals surface area contributed by atoms with Crippen LogP contribution < -0.4 is 9.88 Å². The van der Waals surface area contributed by atoms with Gasteiger partial charge in [-0.3, -0.25) is 0 Å². The smallest absolute Gasteiger partial charge is 0.356 e. The second kappa shape index (κ2) is 7.44. The lowest BCUT2D eigenvalue weighted by molar-refractivity contribution is 0.0690. The standard InChI is InChI=1S/C17H13Cl2N3O5S/c1-27-16-12(18)6-9(7-13(16)19)15-8-14(17(23)24)21-22(15)10-2-4-11(5-3-10)28(20,25)26/h2-8H,1H3,(H,23,24)(H2,20,25,26). The summed E-state index contributed by atoms with van der Waals surface area (Å²) in [5, 5.41) is 19.0. The monoisotopic (exact) mass is 441 g/mol. The van der Waals surface area contributed by atoms with Crippen molar-refractivity contribution in [1.29, 1.82) is 0 Å². The first kappa shape index (κ1) is 20.2. The van der Waals surface area contributed by atoms with E-state index in [1.165, 1.54) is 42.1 Å². The maximum absolute atomic E-state index is 11.4. The molecule has 0 aliphatic rings. The number of nitrogens with two attached hydrogens (primary N) is 1. The number of primary sulfonamides is 1. The van der Waals surface area contributed by atoms with Crippen LogP contribution in [0.2, 0.25) is 10.0 Å². The number of halogens is 2. The molecule has 0 saturated heterocycles. The van der Waals surface area contributed by atoms with Crippen LogP contribution in [0.15, 0.2) is 47.4 Å². The highest BCUT2D eigenvalue weighted by Crippen LogP contribution is 2.38. The molecule has 28 heavy (non-hydrogen) atoms. The van der Waals surface area contributed by atoms with Crippen molar-refractivity contribution in [3.8, 4) is 22.7 Å². The van der Waals surface area contributed by atoms with Gasteiger partial charge in [0.1, 0.15) is 0 Å². The van der Waals surface area contributed by atoms with Gasteiger partial charge in [0.2, 0.25) is 10.0 Å². The van der Waals surface area contributed by atoms with Gasteiger partial charge in [0, 0.05) is 5.56 Å². The molecule has 3 aromatic rings. The van der Waals surface area contributed by atoms with Gasteiger partial charge in [-0.1, -0.05) is 23.2 Å². The van der Waals surface area contributed by atoms with Gasteiger partial charge in [-0.2, -0.15) is 5.10 Å². The molecule has 0 fully saturated rings. The fourth-order valence-corrected chi connectivity index (χ4v) is 3.72. The fourth-order valence-electron chi connectivity index (χ4n) is 2.57. The first-order valence-corrected chi connectivity index (χ1v) is 9.92. The number of sulfonamides is 1. The first-order chi connectivity index (χ1) is 13.1. The normalized spacial score (nSPS) is 11.4. The number of methoxy groups -OCH3 is 1. The minimum atomic E-state index is -3.86. The van der Waals surface area contributed by atoms with E-state index < -0.39 is 16.0 Å². The van der Waals surface area contributed by atoms with Crippen LogP contribution in [0.1, 0.15) is 10.5 Å². The lowest BCUT2D eigenvalue weighted by Gasteiger charge is -2.11. The van der Waals surface area contributed by atoms with E-state index in [2.05, 4.69) is 5.10 Å². The summed E-state index contributed by atoms with van der Waals surface area (Å²) >= 11 is 12.4. The van der Waals surface area contributed by atoms with E-state index in [1.54, 1.807) is 12.1 Å². The van der Waals surface area contributed by atoms with Gasteiger partial charge >= 0.3 is 5.97 Å². The number of hydrogen-bond acceptors (Lipinski definition) is 5. The lowest BCUT2D eigenvalue weighted by atomic mass is 10.1. The summed E-state index contributed by atoms with van der Waals surface area (Å²) in [6.45, 7) is 0. The van der Waals surface area contributed by atoms with Gasteiger partial charge in [0.15, 0.2) is 11.4 Å². The number of carboxylic acid groups (broad SMARTS) is 1. The van der Waals surface area contributed by atoms with Crippen molar-refractivity contribution in [3.05, 3.63) is 58.2 Å². The van der Waals surface area contributed by atoms with Crippen molar-refractivity contribution in [1.82, 2.24) is 9.78 Å². The summed E-state index contributed by atoms with van der Waals surface area (Å²) in [6, 6.07) is 9.97. The van der Waals surface area contributed by atoms with Crippen LogP contribution in [-0.2, 0) is 10.0 Å². The molecule has 146 valence electrons. The van der Waals surface area contributed by atoms with E-state index in [9.17, 15) is 18.3 Å². The summed E-state index contributed by atoms with van der Waals surface area (Å²) in [6.07, 6.45) is 0. The number of carboxylic acids is 1. The molecule has 1 heterocycles. The van der Waals surface area contributed by atoms with Crippen molar-refractivity contribution < 1.29 is 23.1 Å². The highest BCUT2D eigenvalue weighted by Gasteiger charge is 2.19. The minimum absolute atomic E-state index is 0.0843. The summed E-state index contributed by atoms with van der Waals surface area (Å²) in [5.74, 6) is -0.944. The number of hydrogen-bond donors (Lipinski definition) is 2. The predicted octanol–water partition coefficient (Wildman–Crippen LogP) is 3.20. The Balaban J connectivity index is 2.19. The first-order valence-electron chi connectivity index (χ1n) is 7.62. The van der Waals surface area contributed by atoms with Gasteiger partial charge in [-0.25, -0.2) is 23.0 Å². The lowest BCUT2D eigenvalue weighted by Crippen LogP contribution is -2.12. The van der Waals surface area contributed by atoms with Crippen LogP contribution in [0, 0.1) is 0 Å². The third kappa shape index (κ3) is 3.83. The van der Waals surface area contributed by atoms with Crippen LogP contribution >= 0.6 is 23.2 Å². The Morgan fingerprint density at radius 1 is 1.14 bits per heavy atom. The Morgan fingerprint density at radius 2 is 1.71 bits per heavy atom. The molecule has 0 amide bonds. The van der Waals surface area contributed by atoms with Gasteiger partial charge < -0.3 is 9.84 Å². The molecule has 0 bridgehead atoms. The number of aromatic carboxylic acids is 1. The Bertz CT molecular complexity index is 1150. The highest BCUT2D eigenvalue weighted by atomic mass is 35.5. The quantitative estimate of drug-likeness (QED) is 0.625. The zero-order chi connectivity index (χ0) is 20.6. The Hall–Kier alpha value is -2.59. The minimum Gasteiger partial charge on any atom is -0.494 e. The van der Waals surface area contributed by atoms with Crippen molar-refractivity contribution in [2.45, 2.75) is 4.90 Å². The summed E-state index contributed by atoms with van der Waals surface area (Å²) in [5.41, 5.74) is 1.07. The summed E-state index contributed by atoms with van der Waals surface area (Å²) < 4.78 is 29.3. The third-order valence-electron chi connectivity index (χ3n) is 3.84. The Kier molecular flexibility index (Phi) is 5.35. The van der Waals surface area contributed by atoms with Crippen LogP contribution in [0.25, 0.3) is 16.9 Å². The Labute approximate surface area is 170 Å². The molecule has 0 radical (unpaired) electrons. The van der Waals surface area contributed by atoms with E-state index in [4.69, 9.17) is 33.1 Å². The van der Waals surface area contributed by atoms with Crippen molar-refractivity contribution in [2.24, 2.45) is 5.14 Å². The van der Waals surface area contributed by atoms with E-state index in [1.807, 2.05) is 0 Å². The molecule has 0 aliphatic carbocycles. The fraction of sp³-hybridized carbons (Fsp3) is 0.0588. The van der Waals surface area contributed by atoms with E-state index in [-0.39, 0.29) is 26.4 Å². The molecule has 1 aromatic heterocycles. The molecular weight excluding hydrogens is 429 g/mol. The second-order valence-electron chi connectivity index (χ2n) is 5.64. The van der Waals surface area contributed by atoms with Crippen molar-refractivity contribution >= 4 is 39.2 Å². The predicted molar refractivity (Wildman–Crippen MR) is 104 cm³/mol. The second-order valence-corrected chi connectivity index (χ2v) is 8.02. The van der Waals surface area contributed by atoms with Gasteiger partial charge in [0.25, 0.3) is 0 Å². The van der Waals surface area contributed by atoms with Gasteiger partial charge in [-0.05, 0) is 42.5 Å². The zero-order valence-electron chi connectivity index (χ0n) is 14.3. The van der Waals surface area contributed by atoms with Crippen LogP contribution in [0.4, 0.5) is 0 Å². The number of rotatable bonds is 5. The molecule has 3 N–H and O–H groups in total. The van der Waals surface area contributed by atoms with E-state index >= 15 is 0 Å². The van der Waals surface area contributed by atoms with Gasteiger partial charge in [-0.15, -0.1) is 0 Å². The molecule has 0 spiro atoms. The van der Waals surface area contributed by atoms with Gasteiger partial charge in [0.05, 0.1) is 33.4 Å². The number of benzene rings is 2. The topological polar surface area (TPSA) is 125 Å². The summed E-state index contributed by atoms with van der Waals surface area (Å²) in [7, 11) is -2.44. The average molecular weight is 442 g/mol. The highest BCUT2D eigenvalue weighted by molar-refractivity contribution is 7.89. The van der Waals surface area contributed by atoms with E-state index in [0.717, 1.165) is 0 Å². The maximum Gasteiger partial charge on any atom is 0.356 e. The summed E-state index contributed by atoms with van der Waals surface area (Å²) in [4.78, 5) is 11.3. The molecule has 0 saturated carbocycles. The van der Waals surface area contributed by atoms with Crippen LogP contribution in [0.3, 0.4) is 0 Å². The van der Waals surface area contributed by atoms with Crippen LogP contribution in [-0.4, -0.2) is 36.4 Å². The average Bonchev–Trinajstić information content (AvgIpc) is 3.06. The molecule has 3 rings (SSSR count). The SMILES string of the molecule is COc1c(Cl)cc(-c2cc(C(=O)O)nn2-c2ccc(S(N)(=O)=O)cc2)cc1Cl. The number of nitrogens with zero attached hydrogens (tertiary/aromatic N) is 2. The zero-order valence-corrected chi connectivity index (χ0v) is 16.6. The maximum atomic E-state index is 11.4. The molecule has 2 aromatic carbocycles. The number of aromatic nitrogens is 2.